The fourth-order valence-electron chi connectivity index (χ4n) is 3.25. The van der Waals surface area contributed by atoms with Crippen LogP contribution in [-0.2, 0) is 6.54 Å². The van der Waals surface area contributed by atoms with Gasteiger partial charge in [-0.3, -0.25) is 0 Å². The van der Waals surface area contributed by atoms with Gasteiger partial charge in [-0.25, -0.2) is 0 Å². The number of rotatable bonds is 5. The van der Waals surface area contributed by atoms with Gasteiger partial charge in [0.15, 0.2) is 0 Å². The van der Waals surface area contributed by atoms with Crippen LogP contribution in [0.3, 0.4) is 0 Å². The van der Waals surface area contributed by atoms with Crippen LogP contribution in [0.5, 0.6) is 5.75 Å². The molecule has 4 rings (SSSR count). The highest BCUT2D eigenvalue weighted by atomic mass is 16.5. The predicted octanol–water partition coefficient (Wildman–Crippen LogP) is 4.39. The van der Waals surface area contributed by atoms with Crippen molar-refractivity contribution in [2.24, 2.45) is 0 Å². The molecule has 126 valence electrons. The van der Waals surface area contributed by atoms with Gasteiger partial charge in [0.2, 0.25) is 0 Å². The summed E-state index contributed by atoms with van der Waals surface area (Å²) in [5.74, 6) is 0.913. The smallest absolute Gasteiger partial charge is 0.145 e. The van der Waals surface area contributed by atoms with Gasteiger partial charge in [0.25, 0.3) is 0 Å². The third-order valence-corrected chi connectivity index (χ3v) is 4.51. The summed E-state index contributed by atoms with van der Waals surface area (Å²) in [4.78, 5) is 0. The Morgan fingerprint density at radius 2 is 1.48 bits per heavy atom. The predicted molar refractivity (Wildman–Crippen MR) is 102 cm³/mol. The molecule has 0 spiro atoms. The van der Waals surface area contributed by atoms with E-state index in [4.69, 9.17) is 4.74 Å². The molecule has 2 N–H and O–H groups in total. The lowest BCUT2D eigenvalue weighted by Gasteiger charge is -2.35. The summed E-state index contributed by atoms with van der Waals surface area (Å²) in [6, 6.07) is 29.2. The summed E-state index contributed by atoms with van der Waals surface area (Å²) in [5.41, 5.74) is 3.54. The molecule has 0 radical (unpaired) electrons. The van der Waals surface area contributed by atoms with E-state index < -0.39 is 0 Å². The first kappa shape index (κ1) is 15.7. The van der Waals surface area contributed by atoms with Crippen molar-refractivity contribution < 1.29 is 4.74 Å². The van der Waals surface area contributed by atoms with Crippen LogP contribution < -0.4 is 15.4 Å². The quantitative estimate of drug-likeness (QED) is 0.728. The maximum absolute atomic E-state index is 6.33. The summed E-state index contributed by atoms with van der Waals surface area (Å²) in [6.07, 6.45) is -0.0145. The van der Waals surface area contributed by atoms with Crippen molar-refractivity contribution in [1.29, 1.82) is 0 Å². The van der Waals surface area contributed by atoms with Crippen molar-refractivity contribution in [2.45, 2.75) is 18.7 Å². The first-order chi connectivity index (χ1) is 12.4. The molecule has 0 aliphatic carbocycles. The van der Waals surface area contributed by atoms with Gasteiger partial charge >= 0.3 is 0 Å². The highest BCUT2D eigenvalue weighted by Gasteiger charge is 2.30. The topological polar surface area (TPSA) is 33.3 Å². The molecule has 0 amide bonds. The van der Waals surface area contributed by atoms with Gasteiger partial charge in [-0.2, -0.15) is 0 Å². The van der Waals surface area contributed by atoms with Gasteiger partial charge in [-0.1, -0.05) is 72.8 Å². The highest BCUT2D eigenvalue weighted by Crippen LogP contribution is 2.36. The maximum Gasteiger partial charge on any atom is 0.145 e. The lowest BCUT2D eigenvalue weighted by Crippen LogP contribution is -2.42. The van der Waals surface area contributed by atoms with Crippen LogP contribution >= 0.6 is 0 Å². The van der Waals surface area contributed by atoms with Crippen molar-refractivity contribution >= 4 is 5.69 Å². The second kappa shape index (κ2) is 7.41. The Morgan fingerprint density at radius 3 is 2.28 bits per heavy atom. The van der Waals surface area contributed by atoms with Crippen molar-refractivity contribution in [2.75, 3.05) is 11.9 Å². The largest absolute Gasteiger partial charge is 0.481 e. The number of hydrogen-bond donors (Lipinski definition) is 2. The van der Waals surface area contributed by atoms with Crippen LogP contribution in [0.15, 0.2) is 84.9 Å². The summed E-state index contributed by atoms with van der Waals surface area (Å²) < 4.78 is 6.33. The van der Waals surface area contributed by atoms with E-state index in [9.17, 15) is 0 Å². The molecule has 3 nitrogen and oxygen atoms in total. The molecule has 2 unspecified atom stereocenters. The average molecular weight is 330 g/mol. The summed E-state index contributed by atoms with van der Waals surface area (Å²) in [6.45, 7) is 1.67. The number of anilines is 1. The summed E-state index contributed by atoms with van der Waals surface area (Å²) in [7, 11) is 0. The monoisotopic (exact) mass is 330 g/mol. The second-order valence-corrected chi connectivity index (χ2v) is 6.31. The molecule has 0 bridgehead atoms. The lowest BCUT2D eigenvalue weighted by atomic mass is 9.99. The summed E-state index contributed by atoms with van der Waals surface area (Å²) >= 11 is 0. The van der Waals surface area contributed by atoms with Crippen molar-refractivity contribution in [3.05, 3.63) is 96.1 Å². The van der Waals surface area contributed by atoms with Gasteiger partial charge in [0, 0.05) is 13.1 Å². The van der Waals surface area contributed by atoms with Gasteiger partial charge in [0.05, 0.1) is 11.7 Å². The van der Waals surface area contributed by atoms with Crippen molar-refractivity contribution in [1.82, 2.24) is 5.32 Å². The van der Waals surface area contributed by atoms with Crippen LogP contribution in [0.1, 0.15) is 17.2 Å². The van der Waals surface area contributed by atoms with Crippen LogP contribution in [0.4, 0.5) is 5.69 Å². The van der Waals surface area contributed by atoms with Gasteiger partial charge in [-0.15, -0.1) is 0 Å². The first-order valence-corrected chi connectivity index (χ1v) is 8.72. The standard InChI is InChI=1S/C22H22N2O/c1-3-9-17(10-4-1)15-23-16-20-22(18-11-5-2-6-12-18)25-21-14-8-7-13-19(21)24-20/h1-14,20,22-24H,15-16H2. The van der Waals surface area contributed by atoms with Crippen molar-refractivity contribution in [3.8, 4) is 5.75 Å². The minimum atomic E-state index is -0.0145. The lowest BCUT2D eigenvalue weighted by molar-refractivity contribution is 0.169. The van der Waals surface area contributed by atoms with E-state index in [2.05, 4.69) is 65.2 Å². The zero-order valence-corrected chi connectivity index (χ0v) is 14.1. The Kier molecular flexibility index (Phi) is 4.66. The molecule has 0 saturated heterocycles. The molecule has 3 aromatic carbocycles. The SMILES string of the molecule is c1ccc(CNCC2Nc3ccccc3OC2c2ccccc2)cc1. The van der Waals surface area contributed by atoms with E-state index in [1.54, 1.807) is 0 Å². The molecule has 1 heterocycles. The minimum absolute atomic E-state index is 0.0145. The third-order valence-electron chi connectivity index (χ3n) is 4.51. The Bertz CT molecular complexity index is 805. The number of nitrogens with one attached hydrogen (secondary N) is 2. The molecule has 2 atom stereocenters. The third kappa shape index (κ3) is 3.67. The van der Waals surface area contributed by atoms with Gasteiger partial charge < -0.3 is 15.4 Å². The molecule has 3 aromatic rings. The molecule has 0 aromatic heterocycles. The minimum Gasteiger partial charge on any atom is -0.481 e. The number of hydrogen-bond acceptors (Lipinski definition) is 3. The maximum atomic E-state index is 6.33. The molecular formula is C22H22N2O. The number of fused-ring (bicyclic) bond motifs is 1. The summed E-state index contributed by atoms with van der Waals surface area (Å²) in [5, 5.41) is 7.20. The molecule has 0 fully saturated rings. The van der Waals surface area contributed by atoms with Crippen LogP contribution in [0, 0.1) is 0 Å². The Labute approximate surface area is 148 Å². The van der Waals surface area contributed by atoms with E-state index in [1.807, 2.05) is 30.3 Å². The van der Waals surface area contributed by atoms with Gasteiger partial charge in [0.1, 0.15) is 11.9 Å². The van der Waals surface area contributed by atoms with Crippen LogP contribution in [0.2, 0.25) is 0 Å². The Morgan fingerprint density at radius 1 is 0.800 bits per heavy atom. The van der Waals surface area contributed by atoms with Crippen LogP contribution in [0.25, 0.3) is 0 Å². The number of ether oxygens (including phenoxy) is 1. The van der Waals surface area contributed by atoms with Crippen LogP contribution in [-0.4, -0.2) is 12.6 Å². The van der Waals surface area contributed by atoms with E-state index in [0.717, 1.165) is 24.5 Å². The van der Waals surface area contributed by atoms with E-state index in [1.165, 1.54) is 11.1 Å². The molecule has 1 aliphatic heterocycles. The zero-order chi connectivity index (χ0) is 16.9. The molecule has 25 heavy (non-hydrogen) atoms. The Balaban J connectivity index is 1.51. The van der Waals surface area contributed by atoms with E-state index >= 15 is 0 Å². The fourth-order valence-corrected chi connectivity index (χ4v) is 3.25. The molecule has 0 saturated carbocycles. The fraction of sp³-hybridized carbons (Fsp3) is 0.182. The zero-order valence-electron chi connectivity index (χ0n) is 14.1. The first-order valence-electron chi connectivity index (χ1n) is 8.72. The second-order valence-electron chi connectivity index (χ2n) is 6.31. The molecule has 3 heteroatoms. The van der Waals surface area contributed by atoms with E-state index in [0.29, 0.717) is 0 Å². The molecule has 1 aliphatic rings. The highest BCUT2D eigenvalue weighted by molar-refractivity contribution is 5.59. The number of para-hydroxylation sites is 2. The van der Waals surface area contributed by atoms with E-state index in [-0.39, 0.29) is 12.1 Å². The van der Waals surface area contributed by atoms with Crippen molar-refractivity contribution in [3.63, 3.8) is 0 Å². The van der Waals surface area contributed by atoms with Gasteiger partial charge in [-0.05, 0) is 23.3 Å². The molecular weight excluding hydrogens is 308 g/mol. The average Bonchev–Trinajstić information content (AvgIpc) is 2.69. The number of benzene rings is 3. The normalized spacial score (nSPS) is 18.7. The Hall–Kier alpha value is -2.78.